The maximum atomic E-state index is 12.7. The van der Waals surface area contributed by atoms with Crippen molar-refractivity contribution in [3.05, 3.63) is 72.4 Å². The van der Waals surface area contributed by atoms with Gasteiger partial charge in [-0.1, -0.05) is 36.4 Å². The Bertz CT molecular complexity index is 1030. The van der Waals surface area contributed by atoms with E-state index in [1.54, 1.807) is 0 Å². The first-order valence-corrected chi connectivity index (χ1v) is 10.3. The summed E-state index contributed by atoms with van der Waals surface area (Å²) >= 11 is 0. The summed E-state index contributed by atoms with van der Waals surface area (Å²) in [5, 5.41) is 9.21. The maximum Gasteiger partial charge on any atom is 0.417 e. The summed E-state index contributed by atoms with van der Waals surface area (Å²) < 4.78 is 49.8. The van der Waals surface area contributed by atoms with E-state index in [1.165, 1.54) is 6.07 Å². The molecule has 0 aliphatic carbocycles. The Morgan fingerprint density at radius 3 is 2.53 bits per heavy atom. The van der Waals surface area contributed by atoms with Gasteiger partial charge in [-0.2, -0.15) is 13.2 Å². The lowest BCUT2D eigenvalue weighted by Gasteiger charge is -2.23. The van der Waals surface area contributed by atoms with Gasteiger partial charge in [-0.15, -0.1) is 0 Å². The molecule has 0 bridgehead atoms. The number of pyridine rings is 1. The number of ether oxygens (including phenoxy) is 2. The number of rotatable bonds is 7. The molecular weight excluding hydrogens is 421 g/mol. The lowest BCUT2D eigenvalue weighted by Crippen LogP contribution is -2.25. The molecule has 3 aromatic rings. The van der Waals surface area contributed by atoms with E-state index in [9.17, 15) is 18.3 Å². The van der Waals surface area contributed by atoms with E-state index in [-0.39, 0.29) is 25.2 Å². The van der Waals surface area contributed by atoms with Crippen molar-refractivity contribution >= 4 is 5.69 Å². The molecule has 1 N–H and O–H groups in total. The average molecular weight is 444 g/mol. The van der Waals surface area contributed by atoms with E-state index in [1.807, 2.05) is 48.5 Å². The normalized spacial score (nSPS) is 16.2. The van der Waals surface area contributed by atoms with Gasteiger partial charge in [0.2, 0.25) is 5.88 Å². The highest BCUT2D eigenvalue weighted by Crippen LogP contribution is 2.36. The number of aliphatic hydroxyl groups is 1. The third-order valence-electron chi connectivity index (χ3n) is 5.25. The van der Waals surface area contributed by atoms with Crippen molar-refractivity contribution < 1.29 is 27.8 Å². The predicted molar refractivity (Wildman–Crippen MR) is 115 cm³/mol. The van der Waals surface area contributed by atoms with E-state index in [2.05, 4.69) is 9.88 Å². The standard InChI is InChI=1S/C24H23F3N2O3/c25-24(26,27)19-7-9-23(28-15-19)32-20-10-11-29(16-20)21-8-6-18(14-22(21)31-13-12-30)17-4-2-1-3-5-17/h1-9,14-15,20,30H,10-13,16H2. The number of hydrogen-bond donors (Lipinski definition) is 1. The van der Waals surface area contributed by atoms with Gasteiger partial charge in [-0.3, -0.25) is 0 Å². The molecule has 4 rings (SSSR count). The third-order valence-corrected chi connectivity index (χ3v) is 5.25. The summed E-state index contributed by atoms with van der Waals surface area (Å²) in [6.07, 6.45) is -3.15. The van der Waals surface area contributed by atoms with Gasteiger partial charge in [0.05, 0.1) is 24.4 Å². The van der Waals surface area contributed by atoms with Gasteiger partial charge < -0.3 is 19.5 Å². The molecule has 1 aliphatic rings. The zero-order valence-corrected chi connectivity index (χ0v) is 17.3. The van der Waals surface area contributed by atoms with E-state index in [0.29, 0.717) is 25.3 Å². The van der Waals surface area contributed by atoms with E-state index >= 15 is 0 Å². The monoisotopic (exact) mass is 444 g/mol. The molecule has 5 nitrogen and oxygen atoms in total. The predicted octanol–water partition coefficient (Wildman–Crippen LogP) is 4.80. The highest BCUT2D eigenvalue weighted by molar-refractivity contribution is 5.71. The van der Waals surface area contributed by atoms with Crippen LogP contribution in [0.3, 0.4) is 0 Å². The second-order valence-corrected chi connectivity index (χ2v) is 7.48. The van der Waals surface area contributed by atoms with Crippen molar-refractivity contribution in [2.45, 2.75) is 18.7 Å². The summed E-state index contributed by atoms with van der Waals surface area (Å²) in [7, 11) is 0. The van der Waals surface area contributed by atoms with Crippen LogP contribution in [0, 0.1) is 0 Å². The molecule has 0 amide bonds. The minimum atomic E-state index is -4.42. The maximum absolute atomic E-state index is 12.7. The molecule has 2 aromatic carbocycles. The molecule has 168 valence electrons. The number of nitrogens with zero attached hydrogens (tertiary/aromatic N) is 2. The number of halogens is 3. The minimum Gasteiger partial charge on any atom is -0.489 e. The molecule has 0 spiro atoms. The highest BCUT2D eigenvalue weighted by Gasteiger charge is 2.31. The lowest BCUT2D eigenvalue weighted by molar-refractivity contribution is -0.137. The number of alkyl halides is 3. The van der Waals surface area contributed by atoms with Crippen LogP contribution in [0.15, 0.2) is 66.9 Å². The molecule has 0 saturated carbocycles. The minimum absolute atomic E-state index is 0.0969. The molecule has 1 unspecified atom stereocenters. The Balaban J connectivity index is 1.47. The van der Waals surface area contributed by atoms with Crippen molar-refractivity contribution in [1.29, 1.82) is 0 Å². The van der Waals surface area contributed by atoms with Crippen LogP contribution < -0.4 is 14.4 Å². The quantitative estimate of drug-likeness (QED) is 0.568. The van der Waals surface area contributed by atoms with Crippen LogP contribution >= 0.6 is 0 Å². The molecule has 1 atom stereocenters. The van der Waals surface area contributed by atoms with Crippen LogP contribution in [0.5, 0.6) is 11.6 Å². The number of aromatic nitrogens is 1. The van der Waals surface area contributed by atoms with Gasteiger partial charge >= 0.3 is 6.18 Å². The van der Waals surface area contributed by atoms with Crippen LogP contribution in [0.25, 0.3) is 11.1 Å². The number of anilines is 1. The first kappa shape index (κ1) is 22.0. The zero-order chi connectivity index (χ0) is 22.6. The zero-order valence-electron chi connectivity index (χ0n) is 17.3. The van der Waals surface area contributed by atoms with Crippen molar-refractivity contribution in [2.24, 2.45) is 0 Å². The first-order chi connectivity index (χ1) is 15.4. The molecule has 32 heavy (non-hydrogen) atoms. The Kier molecular flexibility index (Phi) is 6.50. The van der Waals surface area contributed by atoms with Gasteiger partial charge in [0.1, 0.15) is 18.5 Å². The number of hydrogen-bond acceptors (Lipinski definition) is 5. The average Bonchev–Trinajstić information content (AvgIpc) is 3.26. The van der Waals surface area contributed by atoms with Gasteiger partial charge in [0.15, 0.2) is 0 Å². The van der Waals surface area contributed by atoms with Crippen molar-refractivity contribution in [3.63, 3.8) is 0 Å². The summed E-state index contributed by atoms with van der Waals surface area (Å²) in [4.78, 5) is 5.90. The van der Waals surface area contributed by atoms with Crippen LogP contribution in [-0.4, -0.2) is 42.5 Å². The third kappa shape index (κ3) is 5.13. The Hall–Kier alpha value is -3.26. The molecule has 1 aromatic heterocycles. The van der Waals surface area contributed by atoms with Crippen molar-refractivity contribution in [1.82, 2.24) is 4.98 Å². The van der Waals surface area contributed by atoms with Crippen molar-refractivity contribution in [3.8, 4) is 22.8 Å². The topological polar surface area (TPSA) is 54.8 Å². The fraction of sp³-hybridized carbons (Fsp3) is 0.292. The van der Waals surface area contributed by atoms with Gasteiger partial charge in [0, 0.05) is 25.2 Å². The molecular formula is C24H23F3N2O3. The molecule has 1 aliphatic heterocycles. The SMILES string of the molecule is OCCOc1cc(-c2ccccc2)ccc1N1CCC(Oc2ccc(C(F)(F)F)cn2)C1. The molecule has 8 heteroatoms. The van der Waals surface area contributed by atoms with E-state index < -0.39 is 11.7 Å². The summed E-state index contributed by atoms with van der Waals surface area (Å²) in [5.74, 6) is 0.828. The van der Waals surface area contributed by atoms with Gasteiger partial charge in [-0.25, -0.2) is 4.98 Å². The summed E-state index contributed by atoms with van der Waals surface area (Å²) in [6.45, 7) is 1.32. The molecule has 1 fully saturated rings. The molecule has 0 radical (unpaired) electrons. The Morgan fingerprint density at radius 1 is 1.03 bits per heavy atom. The van der Waals surface area contributed by atoms with Crippen molar-refractivity contribution in [2.75, 3.05) is 31.2 Å². The molecule has 1 saturated heterocycles. The van der Waals surface area contributed by atoms with Crippen LogP contribution in [-0.2, 0) is 6.18 Å². The van der Waals surface area contributed by atoms with E-state index in [4.69, 9.17) is 9.47 Å². The van der Waals surface area contributed by atoms with Crippen LogP contribution in [0.4, 0.5) is 18.9 Å². The van der Waals surface area contributed by atoms with Gasteiger partial charge in [0.25, 0.3) is 0 Å². The van der Waals surface area contributed by atoms with Gasteiger partial charge in [-0.05, 0) is 29.3 Å². The molecule has 2 heterocycles. The summed E-state index contributed by atoms with van der Waals surface area (Å²) in [5.41, 5.74) is 2.14. The summed E-state index contributed by atoms with van der Waals surface area (Å²) in [6, 6.07) is 18.1. The van der Waals surface area contributed by atoms with E-state index in [0.717, 1.165) is 29.1 Å². The largest absolute Gasteiger partial charge is 0.489 e. The first-order valence-electron chi connectivity index (χ1n) is 10.3. The second kappa shape index (κ2) is 9.48. The fourth-order valence-electron chi connectivity index (χ4n) is 3.69. The second-order valence-electron chi connectivity index (χ2n) is 7.48. The number of benzene rings is 2. The Labute approximate surface area is 184 Å². The Morgan fingerprint density at radius 2 is 1.84 bits per heavy atom. The van der Waals surface area contributed by atoms with Crippen LogP contribution in [0.2, 0.25) is 0 Å². The number of aliphatic hydroxyl groups excluding tert-OH is 1. The smallest absolute Gasteiger partial charge is 0.417 e. The van der Waals surface area contributed by atoms with Crippen LogP contribution in [0.1, 0.15) is 12.0 Å². The highest BCUT2D eigenvalue weighted by atomic mass is 19.4. The fourth-order valence-corrected chi connectivity index (χ4v) is 3.69. The lowest BCUT2D eigenvalue weighted by atomic mass is 10.0.